The zero-order valence-corrected chi connectivity index (χ0v) is 11.0. The molecule has 0 heterocycles. The molecule has 0 amide bonds. The number of aliphatic carboxylic acids is 1. The van der Waals surface area contributed by atoms with Crippen molar-refractivity contribution in [2.75, 3.05) is 0 Å². The van der Waals surface area contributed by atoms with E-state index in [-0.39, 0.29) is 6.42 Å². The molecule has 18 heavy (non-hydrogen) atoms. The summed E-state index contributed by atoms with van der Waals surface area (Å²) < 4.78 is 0. The molecule has 106 valence electrons. The Bertz CT molecular complexity index is 281. The van der Waals surface area contributed by atoms with E-state index >= 15 is 0 Å². The van der Waals surface area contributed by atoms with Gasteiger partial charge in [-0.3, -0.25) is 9.59 Å². The van der Waals surface area contributed by atoms with E-state index < -0.39 is 36.4 Å². The third-order valence-electron chi connectivity index (χ3n) is 2.78. The van der Waals surface area contributed by atoms with Crippen LogP contribution in [0.5, 0.6) is 0 Å². The second-order valence-corrected chi connectivity index (χ2v) is 5.08. The summed E-state index contributed by atoms with van der Waals surface area (Å²) in [5.74, 6) is -1.09. The standard InChI is InChI=1S/C12H24N2O4/c1-7(2)3-4-10(15)8(13)5-11(16)9(14)6-12(17)18/h7-10,15H,3-6,13-14H2,1-2H3,(H,17,18)/t8?,9-,10?/m0/s1. The van der Waals surface area contributed by atoms with Crippen molar-refractivity contribution in [3.63, 3.8) is 0 Å². The van der Waals surface area contributed by atoms with Crippen molar-refractivity contribution < 1.29 is 19.8 Å². The Morgan fingerprint density at radius 3 is 2.11 bits per heavy atom. The minimum absolute atomic E-state index is 0.0896. The normalized spacial score (nSPS) is 16.3. The van der Waals surface area contributed by atoms with Crippen LogP contribution >= 0.6 is 0 Å². The Morgan fingerprint density at radius 1 is 1.11 bits per heavy atom. The number of carboxylic acid groups (broad SMARTS) is 1. The second-order valence-electron chi connectivity index (χ2n) is 5.08. The van der Waals surface area contributed by atoms with Crippen molar-refractivity contribution in [2.24, 2.45) is 17.4 Å². The lowest BCUT2D eigenvalue weighted by Gasteiger charge is -2.20. The topological polar surface area (TPSA) is 127 Å². The summed E-state index contributed by atoms with van der Waals surface area (Å²) in [5, 5.41) is 18.3. The Labute approximate surface area is 107 Å². The molecule has 0 spiro atoms. The number of carbonyl (C=O) groups excluding carboxylic acids is 1. The highest BCUT2D eigenvalue weighted by atomic mass is 16.4. The highest BCUT2D eigenvalue weighted by Gasteiger charge is 2.23. The van der Waals surface area contributed by atoms with Gasteiger partial charge in [-0.15, -0.1) is 0 Å². The van der Waals surface area contributed by atoms with Gasteiger partial charge in [0.05, 0.1) is 18.6 Å². The van der Waals surface area contributed by atoms with Crippen LogP contribution < -0.4 is 11.5 Å². The van der Waals surface area contributed by atoms with Crippen molar-refractivity contribution in [2.45, 2.75) is 57.7 Å². The van der Waals surface area contributed by atoms with Crippen LogP contribution in [-0.2, 0) is 9.59 Å². The van der Waals surface area contributed by atoms with Crippen LogP contribution in [0.4, 0.5) is 0 Å². The predicted molar refractivity (Wildman–Crippen MR) is 67.9 cm³/mol. The SMILES string of the molecule is CC(C)CCC(O)C(N)CC(=O)[C@@H](N)CC(=O)O. The fraction of sp³-hybridized carbons (Fsp3) is 0.833. The molecule has 2 unspecified atom stereocenters. The molecular formula is C12H24N2O4. The number of nitrogens with two attached hydrogens (primary N) is 2. The van der Waals surface area contributed by atoms with Crippen molar-refractivity contribution in [3.05, 3.63) is 0 Å². The van der Waals surface area contributed by atoms with Crippen LogP contribution in [0.1, 0.15) is 39.5 Å². The molecule has 0 radical (unpaired) electrons. The predicted octanol–water partition coefficient (Wildman–Crippen LogP) is -0.128. The summed E-state index contributed by atoms with van der Waals surface area (Å²) in [6.07, 6.45) is 0.0969. The second kappa shape index (κ2) is 8.18. The Kier molecular flexibility index (Phi) is 7.73. The molecule has 0 saturated heterocycles. The lowest BCUT2D eigenvalue weighted by Crippen LogP contribution is -2.42. The van der Waals surface area contributed by atoms with Crippen molar-refractivity contribution in [1.82, 2.24) is 0 Å². The third-order valence-corrected chi connectivity index (χ3v) is 2.78. The molecular weight excluding hydrogens is 236 g/mol. The average Bonchev–Trinajstić information content (AvgIpc) is 2.24. The Morgan fingerprint density at radius 2 is 1.67 bits per heavy atom. The average molecular weight is 260 g/mol. The number of aliphatic hydroxyl groups excluding tert-OH is 1. The molecule has 0 aromatic carbocycles. The molecule has 6 heteroatoms. The number of Topliss-reactive ketones (excluding diaryl/α,β-unsaturated/α-hetero) is 1. The lowest BCUT2D eigenvalue weighted by molar-refractivity contribution is -0.139. The number of hydrogen-bond acceptors (Lipinski definition) is 5. The summed E-state index contributed by atoms with van der Waals surface area (Å²) in [4.78, 5) is 22.0. The molecule has 0 aromatic heterocycles. The van der Waals surface area contributed by atoms with Gasteiger partial charge in [-0.25, -0.2) is 0 Å². The zero-order valence-electron chi connectivity index (χ0n) is 11.0. The molecule has 0 aliphatic carbocycles. The Hall–Kier alpha value is -0.980. The first-order chi connectivity index (χ1) is 8.23. The van der Waals surface area contributed by atoms with Crippen LogP contribution in [0, 0.1) is 5.92 Å². The molecule has 6 N–H and O–H groups in total. The number of carboxylic acids is 1. The molecule has 6 nitrogen and oxygen atoms in total. The van der Waals surface area contributed by atoms with Gasteiger partial charge in [0.2, 0.25) is 0 Å². The van der Waals surface area contributed by atoms with E-state index in [1.165, 1.54) is 0 Å². The van der Waals surface area contributed by atoms with Crippen LogP contribution in [-0.4, -0.2) is 40.2 Å². The minimum atomic E-state index is -1.12. The first kappa shape index (κ1) is 17.0. The summed E-state index contributed by atoms with van der Waals surface area (Å²) >= 11 is 0. The Balaban J connectivity index is 4.09. The van der Waals surface area contributed by atoms with E-state index in [9.17, 15) is 14.7 Å². The van der Waals surface area contributed by atoms with Crippen molar-refractivity contribution >= 4 is 11.8 Å². The molecule has 0 aromatic rings. The van der Waals surface area contributed by atoms with Gasteiger partial charge in [0.15, 0.2) is 5.78 Å². The van der Waals surface area contributed by atoms with Gasteiger partial charge < -0.3 is 21.7 Å². The number of ketones is 1. The maximum Gasteiger partial charge on any atom is 0.305 e. The summed E-state index contributed by atoms with van der Waals surface area (Å²) in [6, 6.07) is -1.73. The van der Waals surface area contributed by atoms with Crippen molar-refractivity contribution in [1.29, 1.82) is 0 Å². The molecule has 3 atom stereocenters. The first-order valence-corrected chi connectivity index (χ1v) is 6.17. The number of carbonyl (C=O) groups is 2. The van der Waals surface area contributed by atoms with Gasteiger partial charge >= 0.3 is 5.97 Å². The summed E-state index contributed by atoms with van der Waals surface area (Å²) in [6.45, 7) is 4.07. The number of hydrogen-bond donors (Lipinski definition) is 4. The van der Waals surface area contributed by atoms with Crippen molar-refractivity contribution in [3.8, 4) is 0 Å². The summed E-state index contributed by atoms with van der Waals surface area (Å²) in [7, 11) is 0. The van der Waals surface area contributed by atoms with E-state index in [1.807, 2.05) is 13.8 Å². The zero-order chi connectivity index (χ0) is 14.3. The van der Waals surface area contributed by atoms with E-state index in [1.54, 1.807) is 0 Å². The third kappa shape index (κ3) is 7.37. The maximum absolute atomic E-state index is 11.6. The van der Waals surface area contributed by atoms with E-state index in [4.69, 9.17) is 16.6 Å². The maximum atomic E-state index is 11.6. The summed E-state index contributed by atoms with van der Waals surface area (Å²) in [5.41, 5.74) is 11.1. The van der Waals surface area contributed by atoms with Gasteiger partial charge in [0.1, 0.15) is 0 Å². The molecule has 0 rings (SSSR count). The van der Waals surface area contributed by atoms with Crippen LogP contribution in [0.3, 0.4) is 0 Å². The molecule has 0 saturated carbocycles. The van der Waals surface area contributed by atoms with Gasteiger partial charge in [0.25, 0.3) is 0 Å². The van der Waals surface area contributed by atoms with E-state index in [2.05, 4.69) is 0 Å². The van der Waals surface area contributed by atoms with Gasteiger partial charge in [-0.05, 0) is 18.8 Å². The fourth-order valence-corrected chi connectivity index (χ4v) is 1.54. The van der Waals surface area contributed by atoms with Crippen LogP contribution in [0.2, 0.25) is 0 Å². The quantitative estimate of drug-likeness (QED) is 0.457. The molecule has 0 aliphatic rings. The number of rotatable bonds is 9. The van der Waals surface area contributed by atoms with Crippen LogP contribution in [0.15, 0.2) is 0 Å². The largest absolute Gasteiger partial charge is 0.481 e. The minimum Gasteiger partial charge on any atom is -0.481 e. The number of aliphatic hydroxyl groups is 1. The smallest absolute Gasteiger partial charge is 0.305 e. The molecule has 0 bridgehead atoms. The van der Waals surface area contributed by atoms with E-state index in [0.29, 0.717) is 12.3 Å². The molecule has 0 fully saturated rings. The molecule has 0 aliphatic heterocycles. The van der Waals surface area contributed by atoms with Gasteiger partial charge in [-0.1, -0.05) is 13.8 Å². The highest BCUT2D eigenvalue weighted by Crippen LogP contribution is 2.11. The van der Waals surface area contributed by atoms with Crippen LogP contribution in [0.25, 0.3) is 0 Å². The monoisotopic (exact) mass is 260 g/mol. The lowest BCUT2D eigenvalue weighted by atomic mass is 9.95. The highest BCUT2D eigenvalue weighted by molar-refractivity contribution is 5.88. The van der Waals surface area contributed by atoms with E-state index in [0.717, 1.165) is 6.42 Å². The van der Waals surface area contributed by atoms with Gasteiger partial charge in [0, 0.05) is 12.5 Å². The fourth-order valence-electron chi connectivity index (χ4n) is 1.54. The van der Waals surface area contributed by atoms with Gasteiger partial charge in [-0.2, -0.15) is 0 Å². The first-order valence-electron chi connectivity index (χ1n) is 6.17.